The quantitative estimate of drug-likeness (QED) is 0.769. The molecule has 1 aromatic carbocycles. The van der Waals surface area contributed by atoms with Crippen LogP contribution in [0, 0.1) is 0 Å². The van der Waals surface area contributed by atoms with Crippen molar-refractivity contribution in [1.82, 2.24) is 10.2 Å². The van der Waals surface area contributed by atoms with Gasteiger partial charge in [-0.25, -0.2) is 0 Å². The first-order chi connectivity index (χ1) is 12.8. The number of piperidine rings is 1. The number of ether oxygens (including phenoxy) is 2. The minimum Gasteiger partial charge on any atom is -0.381 e. The highest BCUT2D eigenvalue weighted by Gasteiger charge is 2.25. The van der Waals surface area contributed by atoms with Gasteiger partial charge >= 0.3 is 0 Å². The minimum atomic E-state index is 0.371. The van der Waals surface area contributed by atoms with Crippen LogP contribution in [0.3, 0.4) is 0 Å². The summed E-state index contributed by atoms with van der Waals surface area (Å²) < 4.78 is 11.7. The van der Waals surface area contributed by atoms with Gasteiger partial charge in [0.25, 0.3) is 0 Å². The fraction of sp³-hybridized carbons (Fsp3) is 0.579. The molecule has 2 saturated heterocycles. The van der Waals surface area contributed by atoms with Crippen LogP contribution in [0.25, 0.3) is 0 Å². The van der Waals surface area contributed by atoms with Crippen molar-refractivity contribution in [1.29, 1.82) is 0 Å². The molecule has 0 unspecified atom stereocenters. The lowest BCUT2D eigenvalue weighted by atomic mass is 10.1. The van der Waals surface area contributed by atoms with E-state index in [1.54, 1.807) is 11.3 Å². The van der Waals surface area contributed by atoms with Crippen molar-refractivity contribution in [2.24, 2.45) is 0 Å². The number of nitrogens with zero attached hydrogens (tertiary/aromatic N) is 3. The molecule has 0 N–H and O–H groups in total. The van der Waals surface area contributed by atoms with E-state index in [-0.39, 0.29) is 0 Å². The second-order valence-corrected chi connectivity index (χ2v) is 8.39. The monoisotopic (exact) mass is 393 g/mol. The van der Waals surface area contributed by atoms with Gasteiger partial charge < -0.3 is 14.4 Å². The van der Waals surface area contributed by atoms with Gasteiger partial charge in [0.15, 0.2) is 0 Å². The Hall–Kier alpha value is -1.21. The van der Waals surface area contributed by atoms with Crippen LogP contribution < -0.4 is 4.90 Å². The van der Waals surface area contributed by atoms with Gasteiger partial charge in [-0.15, -0.1) is 10.2 Å². The summed E-state index contributed by atoms with van der Waals surface area (Å²) in [4.78, 5) is 2.34. The third-order valence-electron chi connectivity index (χ3n) is 4.99. The van der Waals surface area contributed by atoms with E-state index < -0.39 is 0 Å². The minimum absolute atomic E-state index is 0.371. The van der Waals surface area contributed by atoms with Crippen LogP contribution in [0.1, 0.15) is 36.3 Å². The van der Waals surface area contributed by atoms with Crippen molar-refractivity contribution < 1.29 is 9.47 Å². The first kappa shape index (κ1) is 18.2. The first-order valence-corrected chi connectivity index (χ1v) is 10.5. The average Bonchev–Trinajstić information content (AvgIpc) is 3.14. The molecule has 5 nitrogen and oxygen atoms in total. The zero-order chi connectivity index (χ0) is 17.8. The Balaban J connectivity index is 1.28. The van der Waals surface area contributed by atoms with Crippen LogP contribution in [0.5, 0.6) is 0 Å². The van der Waals surface area contributed by atoms with E-state index in [0.717, 1.165) is 73.6 Å². The molecule has 4 rings (SSSR count). The second kappa shape index (κ2) is 8.65. The summed E-state index contributed by atoms with van der Waals surface area (Å²) in [7, 11) is 0. The Morgan fingerprint density at radius 2 is 1.73 bits per heavy atom. The highest BCUT2D eigenvalue weighted by atomic mass is 35.5. The zero-order valence-electron chi connectivity index (χ0n) is 14.8. The van der Waals surface area contributed by atoms with Crippen molar-refractivity contribution in [3.05, 3.63) is 39.9 Å². The van der Waals surface area contributed by atoms with Gasteiger partial charge in [0, 0.05) is 37.7 Å². The van der Waals surface area contributed by atoms with Crippen LogP contribution in [-0.4, -0.2) is 48.7 Å². The highest BCUT2D eigenvalue weighted by Crippen LogP contribution is 2.27. The molecule has 2 aliphatic rings. The number of anilines is 1. The van der Waals surface area contributed by atoms with Gasteiger partial charge in [-0.05, 0) is 43.4 Å². The lowest BCUT2D eigenvalue weighted by Gasteiger charge is -2.34. The Morgan fingerprint density at radius 3 is 2.46 bits per heavy atom. The molecule has 2 aromatic rings. The summed E-state index contributed by atoms with van der Waals surface area (Å²) in [5, 5.41) is 11.6. The zero-order valence-corrected chi connectivity index (χ0v) is 16.3. The lowest BCUT2D eigenvalue weighted by Crippen LogP contribution is -2.39. The molecule has 0 aliphatic carbocycles. The van der Waals surface area contributed by atoms with Gasteiger partial charge in [0.05, 0.1) is 12.2 Å². The van der Waals surface area contributed by atoms with Crippen molar-refractivity contribution in [2.75, 3.05) is 31.2 Å². The summed E-state index contributed by atoms with van der Waals surface area (Å²) in [6, 6.07) is 7.93. The largest absolute Gasteiger partial charge is 0.381 e. The highest BCUT2D eigenvalue weighted by molar-refractivity contribution is 7.15. The number of hydrogen-bond donors (Lipinski definition) is 0. The molecule has 1 aromatic heterocycles. The fourth-order valence-corrected chi connectivity index (χ4v) is 4.54. The molecule has 7 heteroatoms. The third kappa shape index (κ3) is 4.74. The van der Waals surface area contributed by atoms with E-state index in [9.17, 15) is 0 Å². The van der Waals surface area contributed by atoms with Gasteiger partial charge in [0.2, 0.25) is 5.13 Å². The third-order valence-corrected chi connectivity index (χ3v) is 6.23. The lowest BCUT2D eigenvalue weighted by molar-refractivity contribution is -0.0743. The maximum atomic E-state index is 6.26. The molecule has 0 radical (unpaired) electrons. The van der Waals surface area contributed by atoms with Crippen molar-refractivity contribution in [3.8, 4) is 0 Å². The van der Waals surface area contributed by atoms with Crippen LogP contribution in [0.2, 0.25) is 5.02 Å². The molecule has 0 spiro atoms. The Morgan fingerprint density at radius 1 is 1.04 bits per heavy atom. The Kier molecular flexibility index (Phi) is 6.05. The summed E-state index contributed by atoms with van der Waals surface area (Å²) in [5.74, 6) is 0. The van der Waals surface area contributed by atoms with Crippen molar-refractivity contribution >= 4 is 28.1 Å². The molecule has 0 bridgehead atoms. The summed E-state index contributed by atoms with van der Waals surface area (Å²) in [6.45, 7) is 3.66. The number of rotatable bonds is 5. The summed E-state index contributed by atoms with van der Waals surface area (Å²) >= 11 is 7.63. The van der Waals surface area contributed by atoms with Crippen LogP contribution in [-0.2, 0) is 15.9 Å². The SMILES string of the molecule is Clc1ccc(Cc2nnc(N3CCC(OC4CCOCC4)CC3)s2)cc1. The molecule has 3 heterocycles. The van der Waals surface area contributed by atoms with E-state index in [0.29, 0.717) is 12.2 Å². The average molecular weight is 394 g/mol. The standard InChI is InChI=1S/C19H24ClN3O2S/c20-15-3-1-14(2-4-15)13-18-21-22-19(26-18)23-9-5-16(6-10-23)25-17-7-11-24-12-8-17/h1-4,16-17H,5-13H2. The maximum absolute atomic E-state index is 6.26. The normalized spacial score (nSPS) is 19.8. The molecule has 0 saturated carbocycles. The van der Waals surface area contributed by atoms with Crippen molar-refractivity contribution in [3.63, 3.8) is 0 Å². The topological polar surface area (TPSA) is 47.5 Å². The number of benzene rings is 1. The van der Waals surface area contributed by atoms with E-state index in [1.807, 2.05) is 24.3 Å². The molecule has 26 heavy (non-hydrogen) atoms. The summed E-state index contributed by atoms with van der Waals surface area (Å²) in [5.41, 5.74) is 1.21. The van der Waals surface area contributed by atoms with Gasteiger partial charge in [-0.2, -0.15) is 0 Å². The Bertz CT molecular complexity index is 695. The number of aromatic nitrogens is 2. The molecular weight excluding hydrogens is 370 g/mol. The molecule has 0 atom stereocenters. The smallest absolute Gasteiger partial charge is 0.208 e. The van der Waals surface area contributed by atoms with E-state index in [2.05, 4.69) is 15.1 Å². The molecule has 0 amide bonds. The molecule has 2 fully saturated rings. The van der Waals surface area contributed by atoms with Gasteiger partial charge in [-0.1, -0.05) is 35.1 Å². The Labute approximate surface area is 163 Å². The first-order valence-electron chi connectivity index (χ1n) is 9.31. The van der Waals surface area contributed by atoms with E-state index >= 15 is 0 Å². The fourth-order valence-electron chi connectivity index (χ4n) is 3.49. The van der Waals surface area contributed by atoms with E-state index in [1.165, 1.54) is 5.56 Å². The van der Waals surface area contributed by atoms with Gasteiger partial charge in [-0.3, -0.25) is 0 Å². The predicted molar refractivity (Wildman–Crippen MR) is 104 cm³/mol. The number of halogens is 1. The number of hydrogen-bond acceptors (Lipinski definition) is 6. The van der Waals surface area contributed by atoms with Crippen molar-refractivity contribution in [2.45, 2.75) is 44.3 Å². The summed E-state index contributed by atoms with van der Waals surface area (Å²) in [6.07, 6.45) is 5.74. The van der Waals surface area contributed by atoms with E-state index in [4.69, 9.17) is 21.1 Å². The maximum Gasteiger partial charge on any atom is 0.208 e. The van der Waals surface area contributed by atoms with Crippen LogP contribution >= 0.6 is 22.9 Å². The predicted octanol–water partition coefficient (Wildman–Crippen LogP) is 3.95. The molecule has 140 valence electrons. The molecular formula is C19H24ClN3O2S. The van der Waals surface area contributed by atoms with Gasteiger partial charge in [0.1, 0.15) is 5.01 Å². The van der Waals surface area contributed by atoms with Crippen LogP contribution in [0.4, 0.5) is 5.13 Å². The second-order valence-electron chi connectivity index (χ2n) is 6.92. The van der Waals surface area contributed by atoms with Crippen LogP contribution in [0.15, 0.2) is 24.3 Å². The molecule has 2 aliphatic heterocycles.